The third kappa shape index (κ3) is 3.71. The van der Waals surface area contributed by atoms with E-state index in [1.807, 2.05) is 6.07 Å². The molecule has 0 bridgehead atoms. The van der Waals surface area contributed by atoms with Gasteiger partial charge in [-0.05, 0) is 30.0 Å². The molecule has 168 valence electrons. The Kier molecular flexibility index (Phi) is 5.21. The predicted octanol–water partition coefficient (Wildman–Crippen LogP) is 5.32. The van der Waals surface area contributed by atoms with E-state index >= 15 is 0 Å². The van der Waals surface area contributed by atoms with Crippen LogP contribution in [0.5, 0.6) is 5.75 Å². The van der Waals surface area contributed by atoms with Gasteiger partial charge in [0.25, 0.3) is 0 Å². The normalized spacial score (nSPS) is 15.8. The number of para-hydroxylation sites is 1. The molecule has 0 amide bonds. The van der Waals surface area contributed by atoms with Crippen molar-refractivity contribution in [2.75, 3.05) is 6.61 Å². The van der Waals surface area contributed by atoms with Gasteiger partial charge in [-0.1, -0.05) is 32.0 Å². The fourth-order valence-electron chi connectivity index (χ4n) is 4.61. The van der Waals surface area contributed by atoms with Gasteiger partial charge in [-0.3, -0.25) is 0 Å². The molecule has 1 aliphatic heterocycles. The largest absolute Gasteiger partial charge is 0.493 e. The quantitative estimate of drug-likeness (QED) is 0.522. The van der Waals surface area contributed by atoms with E-state index in [2.05, 4.69) is 4.98 Å². The number of nitriles is 1. The maximum Gasteiger partial charge on any atom is 0.417 e. The summed E-state index contributed by atoms with van der Waals surface area (Å²) in [5.41, 5.74) is -2.98. The Balaban J connectivity index is 1.76. The maximum atomic E-state index is 14.2. The van der Waals surface area contributed by atoms with Crippen molar-refractivity contribution < 1.29 is 27.4 Å². The highest BCUT2D eigenvalue weighted by molar-refractivity contribution is 5.87. The number of hydrogen-bond donors (Lipinski definition) is 2. The number of ether oxygens (including phenoxy) is 1. The predicted molar refractivity (Wildman–Crippen MR) is 111 cm³/mol. The molecule has 0 saturated heterocycles. The SMILES string of the molecule is CC(C)(CC(O)(Cc1[nH]c2ccccc2c1C#N)C(F)(F)F)c1cc(F)cc2c1OCC2. The molecule has 2 N–H and O–H groups in total. The molecular formula is C24H22F4N2O2. The van der Waals surface area contributed by atoms with E-state index < -0.39 is 35.9 Å². The summed E-state index contributed by atoms with van der Waals surface area (Å²) in [6, 6.07) is 11.1. The van der Waals surface area contributed by atoms with Crippen LogP contribution in [-0.4, -0.2) is 28.5 Å². The molecule has 0 radical (unpaired) electrons. The summed E-state index contributed by atoms with van der Waals surface area (Å²) in [5.74, 6) is -0.181. The van der Waals surface area contributed by atoms with Gasteiger partial charge < -0.3 is 14.8 Å². The second-order valence-corrected chi connectivity index (χ2v) is 8.94. The maximum absolute atomic E-state index is 14.2. The van der Waals surface area contributed by atoms with Crippen LogP contribution in [0, 0.1) is 17.1 Å². The average Bonchev–Trinajstić information content (AvgIpc) is 3.29. The van der Waals surface area contributed by atoms with Gasteiger partial charge in [0.15, 0.2) is 5.60 Å². The number of halogens is 4. The number of rotatable bonds is 5. The number of aliphatic hydroxyl groups is 1. The van der Waals surface area contributed by atoms with Crippen LogP contribution in [0.2, 0.25) is 0 Å². The van der Waals surface area contributed by atoms with Gasteiger partial charge >= 0.3 is 6.18 Å². The number of nitrogens with one attached hydrogen (secondary N) is 1. The zero-order chi connectivity index (χ0) is 23.3. The highest BCUT2D eigenvalue weighted by atomic mass is 19.4. The topological polar surface area (TPSA) is 69.0 Å². The number of benzene rings is 2. The molecule has 8 heteroatoms. The van der Waals surface area contributed by atoms with Gasteiger partial charge in [-0.2, -0.15) is 18.4 Å². The highest BCUT2D eigenvalue weighted by Crippen LogP contribution is 2.47. The van der Waals surface area contributed by atoms with Crippen LogP contribution in [-0.2, 0) is 18.3 Å². The number of aromatic amines is 1. The Labute approximate surface area is 182 Å². The summed E-state index contributed by atoms with van der Waals surface area (Å²) in [7, 11) is 0. The van der Waals surface area contributed by atoms with Gasteiger partial charge in [0.2, 0.25) is 0 Å². The molecule has 1 aromatic heterocycles. The van der Waals surface area contributed by atoms with Gasteiger partial charge in [0.1, 0.15) is 17.6 Å². The molecule has 4 rings (SSSR count). The minimum absolute atomic E-state index is 0.00467. The van der Waals surface area contributed by atoms with Crippen LogP contribution >= 0.6 is 0 Å². The molecular weight excluding hydrogens is 424 g/mol. The van der Waals surface area contributed by atoms with Crippen LogP contribution in [0.1, 0.15) is 42.7 Å². The number of hydrogen-bond acceptors (Lipinski definition) is 3. The van der Waals surface area contributed by atoms with Gasteiger partial charge in [0, 0.05) is 40.6 Å². The molecule has 4 nitrogen and oxygen atoms in total. The molecule has 1 unspecified atom stereocenters. The molecule has 32 heavy (non-hydrogen) atoms. The van der Waals surface area contributed by atoms with Crippen molar-refractivity contribution in [3.05, 3.63) is 64.6 Å². The highest BCUT2D eigenvalue weighted by Gasteiger charge is 2.56. The van der Waals surface area contributed by atoms with Crippen molar-refractivity contribution in [2.45, 2.75) is 50.3 Å². The van der Waals surface area contributed by atoms with E-state index in [1.165, 1.54) is 26.0 Å². The van der Waals surface area contributed by atoms with Gasteiger partial charge in [0.05, 0.1) is 12.2 Å². The fraction of sp³-hybridized carbons (Fsp3) is 0.375. The molecule has 2 aromatic carbocycles. The first kappa shape index (κ1) is 22.2. The molecule has 3 aromatic rings. The molecule has 1 atom stereocenters. The van der Waals surface area contributed by atoms with Gasteiger partial charge in [-0.25, -0.2) is 4.39 Å². The van der Waals surface area contributed by atoms with E-state index in [4.69, 9.17) is 4.74 Å². The fourth-order valence-corrected chi connectivity index (χ4v) is 4.61. The van der Waals surface area contributed by atoms with Crippen molar-refractivity contribution >= 4 is 10.9 Å². The Bertz CT molecular complexity index is 1220. The van der Waals surface area contributed by atoms with Gasteiger partial charge in [-0.15, -0.1) is 0 Å². The van der Waals surface area contributed by atoms with Crippen LogP contribution in [0.25, 0.3) is 10.9 Å². The Morgan fingerprint density at radius 2 is 1.91 bits per heavy atom. The van der Waals surface area contributed by atoms with Crippen molar-refractivity contribution in [2.24, 2.45) is 0 Å². The first-order chi connectivity index (χ1) is 14.9. The molecule has 0 spiro atoms. The monoisotopic (exact) mass is 446 g/mol. The molecule has 0 fully saturated rings. The lowest BCUT2D eigenvalue weighted by Crippen LogP contribution is -2.51. The third-order valence-electron chi connectivity index (χ3n) is 6.10. The Hall–Kier alpha value is -3.05. The second-order valence-electron chi connectivity index (χ2n) is 8.94. The minimum atomic E-state index is -4.99. The minimum Gasteiger partial charge on any atom is -0.493 e. The van der Waals surface area contributed by atoms with Crippen molar-refractivity contribution in [1.29, 1.82) is 5.26 Å². The number of aromatic nitrogens is 1. The third-order valence-corrected chi connectivity index (χ3v) is 6.10. The van der Waals surface area contributed by atoms with Crippen LogP contribution in [0.15, 0.2) is 36.4 Å². The smallest absolute Gasteiger partial charge is 0.417 e. The summed E-state index contributed by atoms with van der Waals surface area (Å²) in [5, 5.41) is 21.0. The lowest BCUT2D eigenvalue weighted by atomic mass is 9.72. The second kappa shape index (κ2) is 7.52. The molecule has 0 saturated carbocycles. The van der Waals surface area contributed by atoms with Crippen LogP contribution in [0.4, 0.5) is 17.6 Å². The van der Waals surface area contributed by atoms with E-state index in [1.54, 1.807) is 24.3 Å². The molecule has 1 aliphatic rings. The Morgan fingerprint density at radius 1 is 1.19 bits per heavy atom. The standard InChI is InChI=1S/C24H22F4N2O2/c1-22(2,18-10-15(25)9-14-7-8-32-21(14)18)13-23(31,24(26,27)28)11-20-17(12-29)16-5-3-4-6-19(16)30-20/h3-6,9-10,30-31H,7-8,11,13H2,1-2H3. The zero-order valence-electron chi connectivity index (χ0n) is 17.6. The van der Waals surface area contributed by atoms with E-state index in [0.717, 1.165) is 0 Å². The van der Waals surface area contributed by atoms with Crippen LogP contribution < -0.4 is 4.74 Å². The van der Waals surface area contributed by atoms with E-state index in [-0.39, 0.29) is 16.8 Å². The van der Waals surface area contributed by atoms with Crippen LogP contribution in [0.3, 0.4) is 0 Å². The van der Waals surface area contributed by atoms with E-state index in [9.17, 15) is 27.9 Å². The molecule has 0 aliphatic carbocycles. The zero-order valence-corrected chi connectivity index (χ0v) is 17.6. The summed E-state index contributed by atoms with van der Waals surface area (Å²) >= 11 is 0. The van der Waals surface area contributed by atoms with Crippen molar-refractivity contribution in [3.63, 3.8) is 0 Å². The first-order valence-corrected chi connectivity index (χ1v) is 10.2. The summed E-state index contributed by atoms with van der Waals surface area (Å²) < 4.78 is 62.5. The number of H-pyrrole nitrogens is 1. The lowest BCUT2D eigenvalue weighted by Gasteiger charge is -2.38. The van der Waals surface area contributed by atoms with Crippen molar-refractivity contribution in [1.82, 2.24) is 4.98 Å². The summed E-state index contributed by atoms with van der Waals surface area (Å²) in [4.78, 5) is 2.85. The number of alkyl halides is 3. The number of nitrogens with zero attached hydrogens (tertiary/aromatic N) is 1. The number of fused-ring (bicyclic) bond motifs is 2. The molecule has 2 heterocycles. The summed E-state index contributed by atoms with van der Waals surface area (Å²) in [6.07, 6.45) is -6.11. The summed E-state index contributed by atoms with van der Waals surface area (Å²) in [6.45, 7) is 3.37. The van der Waals surface area contributed by atoms with Crippen molar-refractivity contribution in [3.8, 4) is 11.8 Å². The first-order valence-electron chi connectivity index (χ1n) is 10.2. The average molecular weight is 446 g/mol. The lowest BCUT2D eigenvalue weighted by molar-refractivity contribution is -0.266. The van der Waals surface area contributed by atoms with E-state index in [0.29, 0.717) is 35.2 Å². The Morgan fingerprint density at radius 3 is 2.59 bits per heavy atom.